The van der Waals surface area contributed by atoms with Crippen LogP contribution in [0.5, 0.6) is 0 Å². The fourth-order valence-corrected chi connectivity index (χ4v) is 6.08. The van der Waals surface area contributed by atoms with Crippen molar-refractivity contribution in [1.29, 1.82) is 10.8 Å². The van der Waals surface area contributed by atoms with Crippen molar-refractivity contribution in [2.75, 3.05) is 5.73 Å². The number of nitrogen functional groups attached to an aromatic ring is 1. The van der Waals surface area contributed by atoms with E-state index in [9.17, 15) is 0 Å². The van der Waals surface area contributed by atoms with Crippen molar-refractivity contribution in [1.82, 2.24) is 4.98 Å². The highest BCUT2D eigenvalue weighted by Gasteiger charge is 2.19. The van der Waals surface area contributed by atoms with Crippen molar-refractivity contribution in [2.24, 2.45) is 0 Å². The predicted octanol–water partition coefficient (Wildman–Crippen LogP) is 10.1. The van der Waals surface area contributed by atoms with Gasteiger partial charge in [-0.25, -0.2) is 0 Å². The van der Waals surface area contributed by atoms with Crippen molar-refractivity contribution >= 4 is 55.0 Å². The molecule has 0 saturated carbocycles. The van der Waals surface area contributed by atoms with Crippen LogP contribution in [0.3, 0.4) is 0 Å². The standard InChI is InChI=1S/C30H20N2.C11H10N2/c31-27-17-16-20(18-28(27)32)29-23-11-3-5-13-25(23)30(26-14-6-4-12-24(26)29)22-15-7-9-19-8-1-2-10-21(19)22;12-11-5-3-9(4-6-11)10-2-1-7-13-8-10/h1-18,31-32H;1-8H,12H2. The number of hydrogen-bond acceptors (Lipinski definition) is 4. The molecule has 4 heteroatoms. The molecule has 4 nitrogen and oxygen atoms in total. The molecule has 1 aliphatic rings. The predicted molar refractivity (Wildman–Crippen MR) is 191 cm³/mol. The van der Waals surface area contributed by atoms with Crippen LogP contribution in [0.15, 0.2) is 158 Å². The van der Waals surface area contributed by atoms with Gasteiger partial charge < -0.3 is 5.73 Å². The van der Waals surface area contributed by atoms with Gasteiger partial charge in [-0.15, -0.1) is 0 Å². The van der Waals surface area contributed by atoms with Crippen LogP contribution in [0.25, 0.3) is 60.1 Å². The summed E-state index contributed by atoms with van der Waals surface area (Å²) in [4.78, 5) is 4.05. The Bertz CT molecular complexity index is 2230. The minimum absolute atomic E-state index is 0.244. The SMILES string of the molecule is N=C1C=CC(c2c3ccccc3c(-c3cccc4ccccc34)c3ccccc23)=CC1=N.Nc1ccc(-c2cccnc2)cc1. The normalized spacial score (nSPS) is 12.7. The quantitative estimate of drug-likeness (QED) is 0.111. The van der Waals surface area contributed by atoms with E-state index >= 15 is 0 Å². The molecule has 1 aliphatic carbocycles. The Balaban J connectivity index is 0.000000209. The highest BCUT2D eigenvalue weighted by atomic mass is 14.6. The van der Waals surface area contributed by atoms with E-state index < -0.39 is 0 Å². The van der Waals surface area contributed by atoms with E-state index in [2.05, 4.69) is 96.0 Å². The van der Waals surface area contributed by atoms with Gasteiger partial charge in [-0.3, -0.25) is 15.8 Å². The van der Waals surface area contributed by atoms with Crippen LogP contribution in [0.1, 0.15) is 5.56 Å². The summed E-state index contributed by atoms with van der Waals surface area (Å²) >= 11 is 0. The fraction of sp³-hybridized carbons (Fsp3) is 0. The molecule has 1 heterocycles. The third kappa shape index (κ3) is 5.30. The van der Waals surface area contributed by atoms with E-state index in [1.54, 1.807) is 12.3 Å². The number of pyridine rings is 1. The highest BCUT2D eigenvalue weighted by molar-refractivity contribution is 6.50. The van der Waals surface area contributed by atoms with Crippen molar-refractivity contribution in [3.05, 3.63) is 164 Å². The second-order valence-corrected chi connectivity index (χ2v) is 11.0. The van der Waals surface area contributed by atoms with Crippen LogP contribution in [0.2, 0.25) is 0 Å². The maximum Gasteiger partial charge on any atom is 0.0795 e. The van der Waals surface area contributed by atoms with Gasteiger partial charge in [0, 0.05) is 18.1 Å². The molecule has 8 rings (SSSR count). The Morgan fingerprint density at radius 1 is 0.489 bits per heavy atom. The Morgan fingerprint density at radius 3 is 1.71 bits per heavy atom. The van der Waals surface area contributed by atoms with E-state index in [4.69, 9.17) is 16.6 Å². The molecular formula is C41H30N4. The van der Waals surface area contributed by atoms with Gasteiger partial charge in [-0.2, -0.15) is 0 Å². The van der Waals surface area contributed by atoms with E-state index in [-0.39, 0.29) is 11.4 Å². The van der Waals surface area contributed by atoms with Gasteiger partial charge in [0.2, 0.25) is 0 Å². The summed E-state index contributed by atoms with van der Waals surface area (Å²) in [5.41, 5.74) is 13.7. The molecule has 1 aromatic heterocycles. The Hall–Kier alpha value is -6.13. The topological polar surface area (TPSA) is 86.6 Å². The Morgan fingerprint density at radius 2 is 1.09 bits per heavy atom. The lowest BCUT2D eigenvalue weighted by molar-refractivity contribution is 1.33. The molecule has 0 saturated heterocycles. The van der Waals surface area contributed by atoms with Crippen LogP contribution < -0.4 is 5.73 Å². The third-order valence-corrected chi connectivity index (χ3v) is 8.20. The van der Waals surface area contributed by atoms with E-state index in [1.807, 2.05) is 54.7 Å². The molecular weight excluding hydrogens is 548 g/mol. The second-order valence-electron chi connectivity index (χ2n) is 11.0. The van der Waals surface area contributed by atoms with Crippen LogP contribution in [-0.2, 0) is 0 Å². The largest absolute Gasteiger partial charge is 0.399 e. The minimum Gasteiger partial charge on any atom is -0.399 e. The Labute approximate surface area is 261 Å². The van der Waals surface area contributed by atoms with Gasteiger partial charge in [-0.1, -0.05) is 115 Å². The molecule has 45 heavy (non-hydrogen) atoms. The number of fused-ring (bicyclic) bond motifs is 3. The van der Waals surface area contributed by atoms with E-state index in [0.717, 1.165) is 38.7 Å². The lowest BCUT2D eigenvalue weighted by Crippen LogP contribution is -2.10. The first-order valence-electron chi connectivity index (χ1n) is 14.8. The number of allylic oxidation sites excluding steroid dienone is 4. The van der Waals surface area contributed by atoms with Gasteiger partial charge in [0.1, 0.15) is 0 Å². The molecule has 6 aromatic carbocycles. The lowest BCUT2D eigenvalue weighted by Gasteiger charge is -2.20. The first-order chi connectivity index (χ1) is 22.1. The van der Waals surface area contributed by atoms with Gasteiger partial charge in [0.25, 0.3) is 0 Å². The molecule has 0 spiro atoms. The number of nitrogens with zero attached hydrogens (tertiary/aromatic N) is 1. The molecule has 0 aliphatic heterocycles. The highest BCUT2D eigenvalue weighted by Crippen LogP contribution is 2.44. The number of nitrogens with one attached hydrogen (secondary N) is 2. The average molecular weight is 579 g/mol. The molecule has 4 N–H and O–H groups in total. The van der Waals surface area contributed by atoms with Crippen molar-refractivity contribution in [2.45, 2.75) is 0 Å². The molecule has 214 valence electrons. The summed E-state index contributed by atoms with van der Waals surface area (Å²) in [5.74, 6) is 0. The summed E-state index contributed by atoms with van der Waals surface area (Å²) in [7, 11) is 0. The van der Waals surface area contributed by atoms with Crippen LogP contribution in [-0.4, -0.2) is 16.4 Å². The summed E-state index contributed by atoms with van der Waals surface area (Å²) < 4.78 is 0. The van der Waals surface area contributed by atoms with Gasteiger partial charge in [0.05, 0.1) is 11.4 Å². The van der Waals surface area contributed by atoms with Crippen molar-refractivity contribution < 1.29 is 0 Å². The Kier molecular flexibility index (Phi) is 7.30. The van der Waals surface area contributed by atoms with Gasteiger partial charge in [-0.05, 0) is 96.1 Å². The number of aromatic nitrogens is 1. The fourth-order valence-electron chi connectivity index (χ4n) is 6.08. The summed E-state index contributed by atoms with van der Waals surface area (Å²) in [6.07, 6.45) is 9.10. The van der Waals surface area contributed by atoms with Crippen LogP contribution in [0.4, 0.5) is 5.69 Å². The van der Waals surface area contributed by atoms with Gasteiger partial charge >= 0.3 is 0 Å². The van der Waals surface area contributed by atoms with Crippen molar-refractivity contribution in [3.63, 3.8) is 0 Å². The molecule has 0 fully saturated rings. The smallest absolute Gasteiger partial charge is 0.0795 e. The molecule has 0 unspecified atom stereocenters. The number of benzene rings is 6. The zero-order chi connectivity index (χ0) is 30.8. The molecule has 0 radical (unpaired) electrons. The maximum atomic E-state index is 8.21. The summed E-state index contributed by atoms with van der Waals surface area (Å²) in [5, 5.41) is 23.3. The number of hydrogen-bond donors (Lipinski definition) is 3. The average Bonchev–Trinajstić information content (AvgIpc) is 3.09. The zero-order valence-electron chi connectivity index (χ0n) is 24.5. The molecule has 0 atom stereocenters. The molecule has 7 aromatic rings. The minimum atomic E-state index is 0.244. The number of anilines is 1. The monoisotopic (exact) mass is 578 g/mol. The summed E-state index contributed by atoms with van der Waals surface area (Å²) in [6.45, 7) is 0. The van der Waals surface area contributed by atoms with E-state index in [0.29, 0.717) is 0 Å². The van der Waals surface area contributed by atoms with Crippen molar-refractivity contribution in [3.8, 4) is 22.3 Å². The maximum absolute atomic E-state index is 8.21. The molecule has 0 amide bonds. The summed E-state index contributed by atoms with van der Waals surface area (Å²) in [6, 6.07) is 43.9. The van der Waals surface area contributed by atoms with Gasteiger partial charge in [0.15, 0.2) is 0 Å². The van der Waals surface area contributed by atoms with Crippen LogP contribution >= 0.6 is 0 Å². The first-order valence-corrected chi connectivity index (χ1v) is 14.8. The second kappa shape index (κ2) is 11.9. The third-order valence-electron chi connectivity index (χ3n) is 8.20. The number of rotatable bonds is 3. The first kappa shape index (κ1) is 27.7. The van der Waals surface area contributed by atoms with E-state index in [1.165, 1.54) is 32.7 Å². The number of nitrogens with two attached hydrogens (primary N) is 1. The zero-order valence-corrected chi connectivity index (χ0v) is 24.5. The molecule has 0 bridgehead atoms. The lowest BCUT2D eigenvalue weighted by atomic mass is 9.83. The van der Waals surface area contributed by atoms with Crippen LogP contribution in [0, 0.1) is 10.8 Å².